The number of allylic oxidation sites excluding steroid dienone is 1. The van der Waals surface area contributed by atoms with E-state index in [1.54, 1.807) is 0 Å². The molecule has 0 saturated heterocycles. The van der Waals surface area contributed by atoms with Crippen LogP contribution in [0.4, 0.5) is 13.2 Å². The number of fused-ring (bicyclic) bond motifs is 1. The highest BCUT2D eigenvalue weighted by Gasteiger charge is 2.35. The Morgan fingerprint density at radius 3 is 2.73 bits per heavy atom. The van der Waals surface area contributed by atoms with E-state index in [2.05, 4.69) is 10.4 Å². The van der Waals surface area contributed by atoms with E-state index in [4.69, 9.17) is 5.11 Å². The van der Waals surface area contributed by atoms with Crippen LogP contribution in [0.3, 0.4) is 0 Å². The molecule has 1 aromatic carbocycles. The van der Waals surface area contributed by atoms with Crippen molar-refractivity contribution in [2.75, 3.05) is 6.54 Å². The molecule has 0 amide bonds. The molecular weight excluding hydrogens is 299 g/mol. The van der Waals surface area contributed by atoms with Gasteiger partial charge in [-0.3, -0.25) is 5.01 Å². The molecule has 2 N–H and O–H groups in total. The number of aliphatic imine (C=N–C) groups is 1. The number of nitrogens with zero attached hydrogens (tertiary/aromatic N) is 2. The molecule has 0 aliphatic carbocycles. The zero-order valence-electron chi connectivity index (χ0n) is 11.1. The number of rotatable bonds is 2. The fraction of sp³-hybridized carbons (Fsp3) is 0.143. The Hall–Kier alpha value is -2.61. The van der Waals surface area contributed by atoms with Crippen molar-refractivity contribution in [3.63, 3.8) is 0 Å². The van der Waals surface area contributed by atoms with Gasteiger partial charge in [0, 0.05) is 11.8 Å². The second-order valence-corrected chi connectivity index (χ2v) is 4.67. The van der Waals surface area contributed by atoms with Crippen LogP contribution in [-0.4, -0.2) is 28.3 Å². The smallest absolute Gasteiger partial charge is 0.417 e. The van der Waals surface area contributed by atoms with Crippen LogP contribution in [0.2, 0.25) is 0 Å². The number of carbonyl (C=O) groups is 1. The molecule has 0 spiro atoms. The van der Waals surface area contributed by atoms with Crippen LogP contribution in [0.5, 0.6) is 0 Å². The van der Waals surface area contributed by atoms with Gasteiger partial charge in [0.2, 0.25) is 0 Å². The van der Waals surface area contributed by atoms with Gasteiger partial charge < -0.3 is 5.11 Å². The maximum absolute atomic E-state index is 13.1. The molecule has 5 nitrogen and oxygen atoms in total. The van der Waals surface area contributed by atoms with Crippen molar-refractivity contribution < 1.29 is 23.1 Å². The molecule has 2 heterocycles. The van der Waals surface area contributed by atoms with Crippen molar-refractivity contribution in [1.82, 2.24) is 10.4 Å². The van der Waals surface area contributed by atoms with Crippen LogP contribution in [0.15, 0.2) is 52.9 Å². The summed E-state index contributed by atoms with van der Waals surface area (Å²) in [6.45, 7) is 0.0622. The minimum Gasteiger partial charge on any atom is -0.478 e. The van der Waals surface area contributed by atoms with Gasteiger partial charge in [-0.15, -0.1) is 0 Å². The Labute approximate surface area is 123 Å². The molecule has 8 heteroatoms. The average Bonchev–Trinajstić information content (AvgIpc) is 2.89. The number of hydrogen-bond acceptors (Lipinski definition) is 4. The van der Waals surface area contributed by atoms with Crippen LogP contribution in [0.25, 0.3) is 0 Å². The summed E-state index contributed by atoms with van der Waals surface area (Å²) < 4.78 is 39.2. The Morgan fingerprint density at radius 1 is 1.32 bits per heavy atom. The first-order valence-corrected chi connectivity index (χ1v) is 6.30. The summed E-state index contributed by atoms with van der Waals surface area (Å²) in [4.78, 5) is 15.2. The van der Waals surface area contributed by atoms with Crippen molar-refractivity contribution in [3.8, 4) is 0 Å². The molecule has 3 rings (SSSR count). The highest BCUT2D eigenvalue weighted by molar-refractivity contribution is 6.11. The minimum atomic E-state index is -4.51. The predicted octanol–water partition coefficient (Wildman–Crippen LogP) is 2.14. The summed E-state index contributed by atoms with van der Waals surface area (Å²) in [5.41, 5.74) is 1.95. The number of benzene rings is 1. The van der Waals surface area contributed by atoms with Crippen LogP contribution in [0.1, 0.15) is 11.1 Å². The van der Waals surface area contributed by atoms with Crippen molar-refractivity contribution >= 4 is 11.7 Å². The largest absolute Gasteiger partial charge is 0.478 e. The number of hydrogen-bond donors (Lipinski definition) is 2. The number of carboxylic acid groups (broad SMARTS) is 1. The number of hydrazine groups is 1. The van der Waals surface area contributed by atoms with Gasteiger partial charge in [-0.2, -0.15) is 13.2 Å². The number of alkyl halides is 3. The standard InChI is InChI=1S/C14H10F3N3O2/c15-14(16,17)10-4-2-1-3-8(10)11-5-6-20-12(19-11)9(7-18-20)13(21)22/h1-6,18H,7H2,(H,21,22). The van der Waals surface area contributed by atoms with Crippen molar-refractivity contribution in [2.45, 2.75) is 6.18 Å². The summed E-state index contributed by atoms with van der Waals surface area (Å²) in [5.74, 6) is -1.06. The normalized spacial score (nSPS) is 17.6. The number of aliphatic carboxylic acids is 1. The van der Waals surface area contributed by atoms with E-state index in [1.165, 1.54) is 35.5 Å². The fourth-order valence-corrected chi connectivity index (χ4v) is 2.28. The molecule has 0 atom stereocenters. The van der Waals surface area contributed by atoms with Crippen LogP contribution in [0, 0.1) is 0 Å². The fourth-order valence-electron chi connectivity index (χ4n) is 2.28. The van der Waals surface area contributed by atoms with E-state index in [-0.39, 0.29) is 29.2 Å². The SMILES string of the molecule is O=C(O)C1=C2N=C(c3ccccc3C(F)(F)F)C=CN2NC1. The van der Waals surface area contributed by atoms with Gasteiger partial charge in [0.05, 0.1) is 23.4 Å². The summed E-state index contributed by atoms with van der Waals surface area (Å²) in [6, 6.07) is 5.06. The Balaban J connectivity index is 2.11. The molecule has 0 radical (unpaired) electrons. The van der Waals surface area contributed by atoms with Crippen LogP contribution >= 0.6 is 0 Å². The Bertz CT molecular complexity index is 735. The zero-order chi connectivity index (χ0) is 15.9. The topological polar surface area (TPSA) is 64.9 Å². The van der Waals surface area contributed by atoms with Crippen LogP contribution < -0.4 is 5.43 Å². The summed E-state index contributed by atoms with van der Waals surface area (Å²) in [5, 5.41) is 10.5. The molecule has 1 aromatic rings. The Morgan fingerprint density at radius 2 is 2.05 bits per heavy atom. The van der Waals surface area contributed by atoms with E-state index in [0.29, 0.717) is 0 Å². The predicted molar refractivity (Wildman–Crippen MR) is 71.6 cm³/mol. The van der Waals surface area contributed by atoms with Gasteiger partial charge in [0.1, 0.15) is 0 Å². The average molecular weight is 309 g/mol. The van der Waals surface area contributed by atoms with E-state index in [0.717, 1.165) is 6.07 Å². The molecule has 0 unspecified atom stereocenters. The van der Waals surface area contributed by atoms with Crippen LogP contribution in [-0.2, 0) is 11.0 Å². The van der Waals surface area contributed by atoms with Gasteiger partial charge in [-0.25, -0.2) is 15.2 Å². The van der Waals surface area contributed by atoms with Crippen molar-refractivity contribution in [2.24, 2.45) is 4.99 Å². The number of nitrogens with one attached hydrogen (secondary N) is 1. The summed E-state index contributed by atoms with van der Waals surface area (Å²) in [7, 11) is 0. The third kappa shape index (κ3) is 2.37. The van der Waals surface area contributed by atoms with Crippen molar-refractivity contribution in [1.29, 1.82) is 0 Å². The number of halogens is 3. The molecular formula is C14H10F3N3O2. The lowest BCUT2D eigenvalue weighted by atomic mass is 10.0. The molecule has 114 valence electrons. The summed E-state index contributed by atoms with van der Waals surface area (Å²) in [6.07, 6.45) is -1.64. The molecule has 2 aliphatic heterocycles. The molecule has 0 bridgehead atoms. The highest BCUT2D eigenvalue weighted by Crippen LogP contribution is 2.33. The maximum Gasteiger partial charge on any atom is 0.417 e. The number of carboxylic acids is 1. The molecule has 0 saturated carbocycles. The van der Waals surface area contributed by atoms with E-state index < -0.39 is 17.7 Å². The third-order valence-electron chi connectivity index (χ3n) is 3.30. The monoisotopic (exact) mass is 309 g/mol. The van der Waals surface area contributed by atoms with Crippen molar-refractivity contribution in [3.05, 3.63) is 59.1 Å². The highest BCUT2D eigenvalue weighted by atomic mass is 19.4. The maximum atomic E-state index is 13.1. The molecule has 0 aromatic heterocycles. The molecule has 2 aliphatic rings. The molecule has 22 heavy (non-hydrogen) atoms. The Kier molecular flexibility index (Phi) is 3.25. The first-order valence-electron chi connectivity index (χ1n) is 6.30. The summed E-state index contributed by atoms with van der Waals surface area (Å²) >= 11 is 0. The zero-order valence-corrected chi connectivity index (χ0v) is 11.1. The molecule has 0 fully saturated rings. The first kappa shape index (κ1) is 14.3. The second kappa shape index (κ2) is 4.99. The lowest BCUT2D eigenvalue weighted by molar-refractivity contribution is -0.137. The van der Waals surface area contributed by atoms with E-state index in [9.17, 15) is 18.0 Å². The third-order valence-corrected chi connectivity index (χ3v) is 3.30. The lowest BCUT2D eigenvalue weighted by Crippen LogP contribution is -2.28. The minimum absolute atomic E-state index is 0.00587. The van der Waals surface area contributed by atoms with Gasteiger partial charge in [0.15, 0.2) is 5.82 Å². The van der Waals surface area contributed by atoms with E-state index in [1.807, 2.05) is 0 Å². The lowest BCUT2D eigenvalue weighted by Gasteiger charge is -2.20. The van der Waals surface area contributed by atoms with E-state index >= 15 is 0 Å². The van der Waals surface area contributed by atoms with Gasteiger partial charge >= 0.3 is 12.1 Å². The first-order chi connectivity index (χ1) is 10.4. The second-order valence-electron chi connectivity index (χ2n) is 4.67. The quantitative estimate of drug-likeness (QED) is 0.878. The van der Waals surface area contributed by atoms with Gasteiger partial charge in [0.25, 0.3) is 0 Å². The van der Waals surface area contributed by atoms with Gasteiger partial charge in [-0.1, -0.05) is 18.2 Å². The van der Waals surface area contributed by atoms with Gasteiger partial charge in [-0.05, 0) is 12.1 Å².